The summed E-state index contributed by atoms with van der Waals surface area (Å²) < 4.78 is 3.21. The number of aromatic nitrogens is 4. The van der Waals surface area contributed by atoms with Crippen LogP contribution in [-0.2, 0) is 7.05 Å². The summed E-state index contributed by atoms with van der Waals surface area (Å²) in [7, 11) is 1.69. The van der Waals surface area contributed by atoms with Gasteiger partial charge in [0.1, 0.15) is 11.4 Å². The van der Waals surface area contributed by atoms with E-state index in [2.05, 4.69) is 26.4 Å². The fraction of sp³-hybridized carbons (Fsp3) is 0.176. The van der Waals surface area contributed by atoms with Crippen molar-refractivity contribution in [3.63, 3.8) is 0 Å². The van der Waals surface area contributed by atoms with Gasteiger partial charge in [0.05, 0.1) is 24.7 Å². The zero-order valence-electron chi connectivity index (χ0n) is 13.4. The average molecular weight is 355 g/mol. The molecular weight excluding hydrogens is 340 g/mol. The van der Waals surface area contributed by atoms with Crippen molar-refractivity contribution < 1.29 is 4.79 Å². The van der Waals surface area contributed by atoms with Crippen molar-refractivity contribution >= 4 is 35.4 Å². The molecule has 8 heteroatoms. The van der Waals surface area contributed by atoms with Crippen LogP contribution in [0.25, 0.3) is 0 Å². The normalized spacial score (nSPS) is 16.7. The van der Waals surface area contributed by atoms with Crippen molar-refractivity contribution in [2.24, 2.45) is 12.0 Å². The van der Waals surface area contributed by atoms with E-state index in [1.165, 1.54) is 17.1 Å². The van der Waals surface area contributed by atoms with Crippen molar-refractivity contribution in [3.8, 4) is 12.3 Å². The van der Waals surface area contributed by atoms with E-state index in [-0.39, 0.29) is 11.9 Å². The molecule has 2 heterocycles. The maximum absolute atomic E-state index is 12.6. The van der Waals surface area contributed by atoms with Crippen LogP contribution >= 0.6 is 11.6 Å². The van der Waals surface area contributed by atoms with Gasteiger partial charge in [0.2, 0.25) is 0 Å². The van der Waals surface area contributed by atoms with Crippen molar-refractivity contribution in [1.82, 2.24) is 19.6 Å². The molecular formula is C17H15ClN6O. The number of aliphatic imine (C=N–C) groups is 1. The SMILES string of the molecule is C#C/C=N\c1c(C(=O)Nc2ccnn2C2C=CC(Cl)=CC2)cnn1C. The fourth-order valence-electron chi connectivity index (χ4n) is 2.47. The minimum Gasteiger partial charge on any atom is -0.307 e. The van der Waals surface area contributed by atoms with Gasteiger partial charge in [0.15, 0.2) is 5.82 Å². The lowest BCUT2D eigenvalue weighted by Crippen LogP contribution is -2.18. The Morgan fingerprint density at radius 3 is 3.12 bits per heavy atom. The molecule has 1 aliphatic rings. The molecule has 0 aliphatic heterocycles. The summed E-state index contributed by atoms with van der Waals surface area (Å²) in [5, 5.41) is 11.9. The van der Waals surface area contributed by atoms with Crippen LogP contribution in [0.4, 0.5) is 11.6 Å². The molecule has 0 fully saturated rings. The number of carbonyl (C=O) groups excluding carboxylic acids is 1. The van der Waals surface area contributed by atoms with Crippen LogP contribution in [0.3, 0.4) is 0 Å². The zero-order chi connectivity index (χ0) is 17.8. The third-order valence-electron chi connectivity index (χ3n) is 3.67. The molecule has 0 saturated heterocycles. The van der Waals surface area contributed by atoms with Crippen LogP contribution in [-0.4, -0.2) is 31.7 Å². The molecule has 1 atom stereocenters. The summed E-state index contributed by atoms with van der Waals surface area (Å²) in [6, 6.07) is 1.72. The lowest BCUT2D eigenvalue weighted by molar-refractivity contribution is 0.102. The Morgan fingerprint density at radius 1 is 1.56 bits per heavy atom. The van der Waals surface area contributed by atoms with Crippen LogP contribution in [0.1, 0.15) is 22.8 Å². The van der Waals surface area contributed by atoms with Gasteiger partial charge in [-0.25, -0.2) is 9.67 Å². The smallest absolute Gasteiger partial charge is 0.262 e. The van der Waals surface area contributed by atoms with Crippen LogP contribution in [0.2, 0.25) is 0 Å². The molecule has 7 nitrogen and oxygen atoms in total. The summed E-state index contributed by atoms with van der Waals surface area (Å²) in [5.41, 5.74) is 0.323. The molecule has 1 N–H and O–H groups in total. The van der Waals surface area contributed by atoms with E-state index in [1.54, 1.807) is 24.0 Å². The highest BCUT2D eigenvalue weighted by molar-refractivity contribution is 6.31. The number of allylic oxidation sites excluding steroid dienone is 4. The summed E-state index contributed by atoms with van der Waals surface area (Å²) in [6.45, 7) is 0. The molecule has 126 valence electrons. The van der Waals surface area contributed by atoms with E-state index < -0.39 is 0 Å². The number of amides is 1. The van der Waals surface area contributed by atoms with E-state index in [0.717, 1.165) is 0 Å². The molecule has 0 spiro atoms. The van der Waals surface area contributed by atoms with Gasteiger partial charge in [-0.05, 0) is 12.5 Å². The zero-order valence-corrected chi connectivity index (χ0v) is 14.2. The van der Waals surface area contributed by atoms with Gasteiger partial charge in [0.25, 0.3) is 5.91 Å². The van der Waals surface area contributed by atoms with E-state index in [4.69, 9.17) is 18.0 Å². The predicted octanol–water partition coefficient (Wildman–Crippen LogP) is 2.83. The summed E-state index contributed by atoms with van der Waals surface area (Å²) in [5.74, 6) is 2.91. The standard InChI is InChI=1S/C17H15ClN6O/c1-3-9-19-16-14(11-21-23(16)2)17(25)22-15-8-10-20-24(15)13-6-4-12(18)5-7-13/h1,4-6,8-11,13H,7H2,2H3,(H,22,25)/b19-9-. The lowest BCUT2D eigenvalue weighted by atomic mass is 10.1. The van der Waals surface area contributed by atoms with Crippen molar-refractivity contribution in [1.29, 1.82) is 0 Å². The Bertz CT molecular complexity index is 927. The molecule has 0 aromatic carbocycles. The van der Waals surface area contributed by atoms with Crippen LogP contribution in [0.5, 0.6) is 0 Å². The third-order valence-corrected chi connectivity index (χ3v) is 3.95. The Hall–Kier alpha value is -3.11. The monoisotopic (exact) mass is 354 g/mol. The number of carbonyl (C=O) groups is 1. The van der Waals surface area contributed by atoms with E-state index in [1.807, 2.05) is 18.2 Å². The maximum atomic E-state index is 12.6. The lowest BCUT2D eigenvalue weighted by Gasteiger charge is -2.18. The van der Waals surface area contributed by atoms with Crippen molar-refractivity contribution in [2.75, 3.05) is 5.32 Å². The van der Waals surface area contributed by atoms with Crippen LogP contribution in [0.15, 0.2) is 46.7 Å². The molecule has 3 rings (SSSR count). The van der Waals surface area contributed by atoms with Gasteiger partial charge >= 0.3 is 0 Å². The second-order valence-electron chi connectivity index (χ2n) is 5.30. The number of nitrogens with zero attached hydrogens (tertiary/aromatic N) is 5. The van der Waals surface area contributed by atoms with Crippen LogP contribution in [0, 0.1) is 12.3 Å². The molecule has 0 radical (unpaired) electrons. The quantitative estimate of drug-likeness (QED) is 0.677. The number of terminal acetylenes is 1. The molecule has 25 heavy (non-hydrogen) atoms. The minimum atomic E-state index is -0.340. The number of nitrogens with one attached hydrogen (secondary N) is 1. The molecule has 2 aromatic rings. The Kier molecular flexibility index (Phi) is 4.82. The number of anilines is 1. The molecule has 1 amide bonds. The first-order chi connectivity index (χ1) is 12.1. The maximum Gasteiger partial charge on any atom is 0.262 e. The molecule has 0 bridgehead atoms. The number of rotatable bonds is 4. The Labute approximate surface area is 149 Å². The van der Waals surface area contributed by atoms with Crippen LogP contribution < -0.4 is 5.32 Å². The highest BCUT2D eigenvalue weighted by Gasteiger charge is 2.19. The van der Waals surface area contributed by atoms with Crippen molar-refractivity contribution in [2.45, 2.75) is 12.5 Å². The van der Waals surface area contributed by atoms with Gasteiger partial charge in [0, 0.05) is 18.1 Å². The molecule has 2 aromatic heterocycles. The first kappa shape index (κ1) is 16.7. The van der Waals surface area contributed by atoms with Gasteiger partial charge < -0.3 is 5.32 Å². The number of aryl methyl sites for hydroxylation is 1. The highest BCUT2D eigenvalue weighted by atomic mass is 35.5. The predicted molar refractivity (Wildman–Crippen MR) is 97.1 cm³/mol. The summed E-state index contributed by atoms with van der Waals surface area (Å²) >= 11 is 5.95. The summed E-state index contributed by atoms with van der Waals surface area (Å²) in [6.07, 6.45) is 15.9. The van der Waals surface area contributed by atoms with E-state index >= 15 is 0 Å². The largest absolute Gasteiger partial charge is 0.307 e. The summed E-state index contributed by atoms with van der Waals surface area (Å²) in [4.78, 5) is 16.7. The Balaban J connectivity index is 1.82. The average Bonchev–Trinajstić information content (AvgIpc) is 3.20. The van der Waals surface area contributed by atoms with E-state index in [9.17, 15) is 4.79 Å². The topological polar surface area (TPSA) is 77.1 Å². The van der Waals surface area contributed by atoms with Gasteiger partial charge in [-0.2, -0.15) is 10.2 Å². The van der Waals surface area contributed by atoms with Gasteiger partial charge in [-0.3, -0.25) is 9.48 Å². The molecule has 1 aliphatic carbocycles. The molecule has 1 unspecified atom stereocenters. The highest BCUT2D eigenvalue weighted by Crippen LogP contribution is 2.26. The number of hydrogen-bond donors (Lipinski definition) is 1. The van der Waals surface area contributed by atoms with Gasteiger partial charge in [-0.1, -0.05) is 29.7 Å². The van der Waals surface area contributed by atoms with E-state index in [0.29, 0.717) is 28.7 Å². The second kappa shape index (κ2) is 7.20. The van der Waals surface area contributed by atoms with Gasteiger partial charge in [-0.15, -0.1) is 6.42 Å². The third kappa shape index (κ3) is 3.54. The molecule has 0 saturated carbocycles. The fourth-order valence-corrected chi connectivity index (χ4v) is 2.63. The second-order valence-corrected chi connectivity index (χ2v) is 5.73. The number of halogens is 1. The van der Waals surface area contributed by atoms with Crippen molar-refractivity contribution in [3.05, 3.63) is 47.3 Å². The first-order valence-corrected chi connectivity index (χ1v) is 7.87. The first-order valence-electron chi connectivity index (χ1n) is 7.49. The minimum absolute atomic E-state index is 0.0133. The Morgan fingerprint density at radius 2 is 2.40 bits per heavy atom. The number of hydrogen-bond acceptors (Lipinski definition) is 4.